The number of fused-ring (bicyclic) bond motifs is 2. The number of nitrogens with one attached hydrogen (secondary N) is 2. The molecule has 2 fully saturated rings. The summed E-state index contributed by atoms with van der Waals surface area (Å²) < 4.78 is 40.5. The fourth-order valence-electron chi connectivity index (χ4n) is 6.97. The minimum atomic E-state index is -4.80. The normalized spacial score (nSPS) is 23.2. The molecule has 1 aromatic heterocycles. The number of pyridine rings is 1. The molecule has 6 rings (SSSR count). The Morgan fingerprint density at radius 3 is 2.47 bits per heavy atom. The zero-order chi connectivity index (χ0) is 33.3. The van der Waals surface area contributed by atoms with Gasteiger partial charge >= 0.3 is 12.2 Å². The number of aromatic nitrogens is 1. The molecule has 2 aromatic carbocycles. The van der Waals surface area contributed by atoms with Crippen LogP contribution in [0.2, 0.25) is 5.02 Å². The standard InChI is InChI=1S/C34H33ClF3N5O4/c35-25-10-8-21(9-11-25)15-27(41-30(45)28-16-22-5-1-2-6-24(22)19-40-28)29(44)23-12-14-43-32(47)42(20-34(36,37)38)31(46)33(43,17-23)18-26-7-3-4-13-39-26/h1-11,13,23,27-28,40H,12,14-20H2,(H,41,45)/t23?,27-,28+,33?/m1/s1. The quantitative estimate of drug-likeness (QED) is 0.330. The van der Waals surface area contributed by atoms with E-state index in [1.54, 1.807) is 42.5 Å². The number of rotatable bonds is 9. The van der Waals surface area contributed by atoms with E-state index in [9.17, 15) is 32.3 Å². The highest BCUT2D eigenvalue weighted by atomic mass is 35.5. The number of imide groups is 1. The molecule has 4 atom stereocenters. The van der Waals surface area contributed by atoms with E-state index in [4.69, 9.17) is 11.6 Å². The van der Waals surface area contributed by atoms with Gasteiger partial charge in [0.1, 0.15) is 12.1 Å². The molecule has 3 aliphatic rings. The van der Waals surface area contributed by atoms with E-state index in [1.807, 2.05) is 24.3 Å². The van der Waals surface area contributed by atoms with E-state index in [-0.39, 0.29) is 48.8 Å². The van der Waals surface area contributed by atoms with E-state index in [2.05, 4.69) is 15.6 Å². The van der Waals surface area contributed by atoms with Crippen molar-refractivity contribution in [2.75, 3.05) is 13.1 Å². The molecule has 2 unspecified atom stereocenters. The lowest BCUT2D eigenvalue weighted by atomic mass is 9.74. The molecule has 0 spiro atoms. The molecule has 13 heteroatoms. The number of ketones is 1. The van der Waals surface area contributed by atoms with Gasteiger partial charge in [0.25, 0.3) is 5.91 Å². The van der Waals surface area contributed by atoms with Crippen LogP contribution < -0.4 is 10.6 Å². The number of carbonyl (C=O) groups is 4. The molecule has 9 nitrogen and oxygen atoms in total. The Hall–Kier alpha value is -4.29. The highest BCUT2D eigenvalue weighted by Gasteiger charge is 2.62. The van der Waals surface area contributed by atoms with E-state index in [0.29, 0.717) is 23.7 Å². The summed E-state index contributed by atoms with van der Waals surface area (Å²) >= 11 is 6.08. The van der Waals surface area contributed by atoms with Crippen molar-refractivity contribution >= 4 is 35.2 Å². The Kier molecular flexibility index (Phi) is 9.08. The first-order valence-electron chi connectivity index (χ1n) is 15.4. The Morgan fingerprint density at radius 1 is 1.04 bits per heavy atom. The Morgan fingerprint density at radius 2 is 1.77 bits per heavy atom. The van der Waals surface area contributed by atoms with Gasteiger partial charge in [0.2, 0.25) is 5.91 Å². The first-order valence-corrected chi connectivity index (χ1v) is 15.8. The molecule has 0 aliphatic carbocycles. The highest BCUT2D eigenvalue weighted by Crippen LogP contribution is 2.43. The van der Waals surface area contributed by atoms with Gasteiger partial charge in [0.15, 0.2) is 5.78 Å². The third-order valence-electron chi connectivity index (χ3n) is 9.26. The predicted octanol–water partition coefficient (Wildman–Crippen LogP) is 4.26. The molecule has 0 radical (unpaired) electrons. The van der Waals surface area contributed by atoms with Crippen molar-refractivity contribution in [1.29, 1.82) is 0 Å². The van der Waals surface area contributed by atoms with Crippen LogP contribution in [0.15, 0.2) is 72.9 Å². The van der Waals surface area contributed by atoms with Crippen LogP contribution in [0.25, 0.3) is 0 Å². The molecule has 4 amide bonds. The van der Waals surface area contributed by atoms with E-state index >= 15 is 0 Å². The number of carbonyl (C=O) groups excluding carboxylic acids is 4. The molecule has 3 aliphatic heterocycles. The number of benzene rings is 2. The Bertz CT molecular complexity index is 1670. The van der Waals surface area contributed by atoms with Crippen LogP contribution in [0.4, 0.5) is 18.0 Å². The summed E-state index contributed by atoms with van der Waals surface area (Å²) in [4.78, 5) is 60.8. The maximum Gasteiger partial charge on any atom is 0.406 e. The van der Waals surface area contributed by atoms with Crippen molar-refractivity contribution in [2.24, 2.45) is 5.92 Å². The number of halogens is 4. The fraction of sp³-hybridized carbons (Fsp3) is 0.382. The van der Waals surface area contributed by atoms with Gasteiger partial charge in [-0.1, -0.05) is 54.1 Å². The monoisotopic (exact) mass is 667 g/mol. The molecule has 0 bridgehead atoms. The average Bonchev–Trinajstić information content (AvgIpc) is 3.25. The van der Waals surface area contributed by atoms with Gasteiger partial charge < -0.3 is 15.5 Å². The van der Waals surface area contributed by atoms with Crippen molar-refractivity contribution in [3.8, 4) is 0 Å². The number of hydrogen-bond donors (Lipinski definition) is 2. The van der Waals surface area contributed by atoms with Gasteiger partial charge in [-0.25, -0.2) is 4.79 Å². The average molecular weight is 668 g/mol. The third kappa shape index (κ3) is 6.89. The van der Waals surface area contributed by atoms with Crippen molar-refractivity contribution in [3.05, 3.63) is 100 Å². The number of hydrogen-bond acceptors (Lipinski definition) is 6. The number of amides is 4. The lowest BCUT2D eigenvalue weighted by Gasteiger charge is -2.42. The summed E-state index contributed by atoms with van der Waals surface area (Å²) in [6.07, 6.45) is -3.00. The van der Waals surface area contributed by atoms with Crippen LogP contribution in [0.5, 0.6) is 0 Å². The first kappa shape index (κ1) is 32.6. The maximum absolute atomic E-state index is 14.4. The number of alkyl halides is 3. The molecule has 2 saturated heterocycles. The maximum atomic E-state index is 14.4. The minimum Gasteiger partial charge on any atom is -0.345 e. The molecular weight excluding hydrogens is 635 g/mol. The third-order valence-corrected chi connectivity index (χ3v) is 9.51. The SMILES string of the molecule is O=C(N[C@H](Cc1ccc(Cl)cc1)C(=O)C1CCN2C(=O)N(CC(F)(F)F)C(=O)C2(Cc2ccccn2)C1)[C@@H]1Cc2ccccc2CN1. The fourth-order valence-corrected chi connectivity index (χ4v) is 7.09. The molecule has 47 heavy (non-hydrogen) atoms. The largest absolute Gasteiger partial charge is 0.406 e. The predicted molar refractivity (Wildman–Crippen MR) is 166 cm³/mol. The second-order valence-corrected chi connectivity index (χ2v) is 12.8. The number of urea groups is 1. The van der Waals surface area contributed by atoms with Gasteiger partial charge in [-0.15, -0.1) is 0 Å². The number of nitrogens with zero attached hydrogens (tertiary/aromatic N) is 3. The van der Waals surface area contributed by atoms with Gasteiger partial charge in [-0.3, -0.25) is 24.3 Å². The minimum absolute atomic E-state index is 0.106. The first-order chi connectivity index (χ1) is 22.4. The summed E-state index contributed by atoms with van der Waals surface area (Å²) in [5.41, 5.74) is 1.52. The van der Waals surface area contributed by atoms with Crippen molar-refractivity contribution in [2.45, 2.75) is 62.4 Å². The van der Waals surface area contributed by atoms with Gasteiger partial charge in [-0.05, 0) is 66.6 Å². The lowest BCUT2D eigenvalue weighted by Crippen LogP contribution is -2.59. The number of piperidine rings is 1. The lowest BCUT2D eigenvalue weighted by molar-refractivity contribution is -0.156. The zero-order valence-electron chi connectivity index (χ0n) is 25.3. The van der Waals surface area contributed by atoms with Crippen LogP contribution >= 0.6 is 11.6 Å². The Labute approximate surface area is 274 Å². The van der Waals surface area contributed by atoms with Crippen LogP contribution in [0.3, 0.4) is 0 Å². The van der Waals surface area contributed by atoms with E-state index in [0.717, 1.165) is 21.6 Å². The Balaban J connectivity index is 1.28. The van der Waals surface area contributed by atoms with Crippen LogP contribution in [-0.2, 0) is 40.2 Å². The second kappa shape index (κ2) is 13.1. The van der Waals surface area contributed by atoms with Gasteiger partial charge in [0.05, 0.1) is 12.1 Å². The summed E-state index contributed by atoms with van der Waals surface area (Å²) in [5.74, 6) is -2.57. The van der Waals surface area contributed by atoms with Crippen molar-refractivity contribution in [1.82, 2.24) is 25.4 Å². The summed E-state index contributed by atoms with van der Waals surface area (Å²) in [6, 6.07) is 17.0. The molecular formula is C34H33ClF3N5O4. The molecule has 2 N–H and O–H groups in total. The zero-order valence-corrected chi connectivity index (χ0v) is 26.1. The summed E-state index contributed by atoms with van der Waals surface area (Å²) in [6.45, 7) is -1.34. The van der Waals surface area contributed by atoms with Crippen molar-refractivity contribution < 1.29 is 32.3 Å². The van der Waals surface area contributed by atoms with Crippen LogP contribution in [-0.4, -0.2) is 75.3 Å². The molecule has 246 valence electrons. The molecule has 4 heterocycles. The van der Waals surface area contributed by atoms with Crippen LogP contribution in [0.1, 0.15) is 35.2 Å². The van der Waals surface area contributed by atoms with Crippen LogP contribution in [0, 0.1) is 5.92 Å². The smallest absolute Gasteiger partial charge is 0.345 e. The van der Waals surface area contributed by atoms with Gasteiger partial charge in [0, 0.05) is 42.3 Å². The highest BCUT2D eigenvalue weighted by molar-refractivity contribution is 6.30. The number of Topliss-reactive ketones (excluding diaryl/α,β-unsaturated/α-hetero) is 1. The van der Waals surface area contributed by atoms with E-state index < -0.39 is 48.2 Å². The summed E-state index contributed by atoms with van der Waals surface area (Å²) in [7, 11) is 0. The van der Waals surface area contributed by atoms with Crippen molar-refractivity contribution in [3.63, 3.8) is 0 Å². The molecule has 3 aromatic rings. The molecule has 0 saturated carbocycles. The summed E-state index contributed by atoms with van der Waals surface area (Å²) in [5, 5.41) is 6.67. The van der Waals surface area contributed by atoms with E-state index in [1.165, 1.54) is 6.20 Å². The second-order valence-electron chi connectivity index (χ2n) is 12.4. The topological polar surface area (TPSA) is 112 Å². The van der Waals surface area contributed by atoms with Gasteiger partial charge in [-0.2, -0.15) is 13.2 Å².